The van der Waals surface area contributed by atoms with Gasteiger partial charge in [0.05, 0.1) is 13.2 Å². The van der Waals surface area contributed by atoms with Crippen LogP contribution in [0.2, 0.25) is 0 Å². The lowest BCUT2D eigenvalue weighted by Gasteiger charge is -2.11. The topological polar surface area (TPSA) is 93.5 Å². The summed E-state index contributed by atoms with van der Waals surface area (Å²) in [4.78, 5) is 22.8. The van der Waals surface area contributed by atoms with E-state index in [9.17, 15) is 9.59 Å². The van der Waals surface area contributed by atoms with Gasteiger partial charge in [-0.1, -0.05) is 6.92 Å². The fourth-order valence-electron chi connectivity index (χ4n) is 1.25. The molecule has 6 heteroatoms. The Morgan fingerprint density at radius 2 is 2.06 bits per heavy atom. The molecule has 0 rings (SSSR count). The van der Waals surface area contributed by atoms with Gasteiger partial charge in [0.25, 0.3) is 0 Å². The van der Waals surface area contributed by atoms with E-state index in [1.807, 2.05) is 6.92 Å². The van der Waals surface area contributed by atoms with Crippen LogP contribution in [-0.4, -0.2) is 45.2 Å². The minimum Gasteiger partial charge on any atom is -0.383 e. The normalized spacial score (nSPS) is 11.9. The summed E-state index contributed by atoms with van der Waals surface area (Å²) in [6.07, 6.45) is 1.56. The van der Waals surface area contributed by atoms with Crippen LogP contribution in [0.1, 0.15) is 19.8 Å². The largest absolute Gasteiger partial charge is 0.383 e. The molecule has 2 amide bonds. The molecule has 1 atom stereocenters. The van der Waals surface area contributed by atoms with Crippen LogP contribution in [0.15, 0.2) is 0 Å². The van der Waals surface area contributed by atoms with Crippen molar-refractivity contribution < 1.29 is 14.3 Å². The van der Waals surface area contributed by atoms with Gasteiger partial charge in [0.1, 0.15) is 0 Å². The SMILES string of the molecule is COCCNC(=O)CNC(=O)C(C)CCCN. The highest BCUT2D eigenvalue weighted by atomic mass is 16.5. The number of hydrogen-bond acceptors (Lipinski definition) is 4. The maximum absolute atomic E-state index is 11.5. The molecule has 0 aliphatic heterocycles. The van der Waals surface area contributed by atoms with E-state index in [0.717, 1.165) is 12.8 Å². The Morgan fingerprint density at radius 3 is 2.65 bits per heavy atom. The molecule has 0 aliphatic rings. The van der Waals surface area contributed by atoms with E-state index in [1.54, 1.807) is 7.11 Å². The van der Waals surface area contributed by atoms with Crippen molar-refractivity contribution in [2.24, 2.45) is 11.7 Å². The third kappa shape index (κ3) is 8.65. The number of hydrogen-bond donors (Lipinski definition) is 3. The van der Waals surface area contributed by atoms with Crippen molar-refractivity contribution in [2.45, 2.75) is 19.8 Å². The zero-order valence-corrected chi connectivity index (χ0v) is 10.6. The Hall–Kier alpha value is -1.14. The van der Waals surface area contributed by atoms with Crippen molar-refractivity contribution >= 4 is 11.8 Å². The van der Waals surface area contributed by atoms with Gasteiger partial charge >= 0.3 is 0 Å². The molecule has 1 unspecified atom stereocenters. The highest BCUT2D eigenvalue weighted by Gasteiger charge is 2.12. The standard InChI is InChI=1S/C11H23N3O3/c1-9(4-3-5-12)11(16)14-8-10(15)13-6-7-17-2/h9H,3-8,12H2,1-2H3,(H,13,15)(H,14,16). The van der Waals surface area contributed by atoms with Crippen molar-refractivity contribution in [1.82, 2.24) is 10.6 Å². The summed E-state index contributed by atoms with van der Waals surface area (Å²) >= 11 is 0. The van der Waals surface area contributed by atoms with Gasteiger partial charge in [0.15, 0.2) is 0 Å². The quantitative estimate of drug-likeness (QED) is 0.465. The molecule has 17 heavy (non-hydrogen) atoms. The van der Waals surface area contributed by atoms with Crippen LogP contribution in [0.25, 0.3) is 0 Å². The van der Waals surface area contributed by atoms with Gasteiger partial charge in [-0.3, -0.25) is 9.59 Å². The number of amides is 2. The Morgan fingerprint density at radius 1 is 1.35 bits per heavy atom. The molecule has 0 saturated carbocycles. The predicted molar refractivity (Wildman–Crippen MR) is 65.3 cm³/mol. The van der Waals surface area contributed by atoms with Crippen LogP contribution < -0.4 is 16.4 Å². The minimum atomic E-state index is -0.207. The van der Waals surface area contributed by atoms with E-state index in [0.29, 0.717) is 19.7 Å². The lowest BCUT2D eigenvalue weighted by molar-refractivity contribution is -0.128. The van der Waals surface area contributed by atoms with E-state index < -0.39 is 0 Å². The molecule has 0 saturated heterocycles. The second-order valence-electron chi connectivity index (χ2n) is 3.89. The van der Waals surface area contributed by atoms with Gasteiger partial charge in [0.2, 0.25) is 11.8 Å². The van der Waals surface area contributed by atoms with E-state index in [1.165, 1.54) is 0 Å². The summed E-state index contributed by atoms with van der Waals surface area (Å²) in [7, 11) is 1.56. The fraction of sp³-hybridized carbons (Fsp3) is 0.818. The molecule has 0 aromatic carbocycles. The summed E-state index contributed by atoms with van der Waals surface area (Å²) < 4.78 is 4.79. The van der Waals surface area contributed by atoms with Crippen molar-refractivity contribution in [3.05, 3.63) is 0 Å². The molecule has 0 aromatic rings. The van der Waals surface area contributed by atoms with Gasteiger partial charge in [0, 0.05) is 19.6 Å². The predicted octanol–water partition coefficient (Wildman–Crippen LogP) is -0.760. The van der Waals surface area contributed by atoms with Gasteiger partial charge in [-0.05, 0) is 19.4 Å². The van der Waals surface area contributed by atoms with Crippen LogP contribution in [-0.2, 0) is 14.3 Å². The van der Waals surface area contributed by atoms with E-state index in [2.05, 4.69) is 10.6 Å². The maximum atomic E-state index is 11.5. The Balaban J connectivity index is 3.64. The first-order chi connectivity index (χ1) is 8.11. The first kappa shape index (κ1) is 15.9. The van der Waals surface area contributed by atoms with Crippen molar-refractivity contribution in [3.8, 4) is 0 Å². The van der Waals surface area contributed by atoms with Crippen LogP contribution in [0.3, 0.4) is 0 Å². The van der Waals surface area contributed by atoms with E-state index in [4.69, 9.17) is 10.5 Å². The molecule has 100 valence electrons. The lowest BCUT2D eigenvalue weighted by Crippen LogP contribution is -2.40. The Bertz CT molecular complexity index is 234. The average molecular weight is 245 g/mol. The summed E-state index contributed by atoms with van der Waals surface area (Å²) in [6, 6.07) is 0. The molecule has 0 radical (unpaired) electrons. The second-order valence-corrected chi connectivity index (χ2v) is 3.89. The molecule has 0 fully saturated rings. The molecule has 0 aliphatic carbocycles. The second kappa shape index (κ2) is 10.0. The van der Waals surface area contributed by atoms with Gasteiger partial charge in [-0.15, -0.1) is 0 Å². The smallest absolute Gasteiger partial charge is 0.239 e. The molecule has 6 nitrogen and oxygen atoms in total. The summed E-state index contributed by atoms with van der Waals surface area (Å²) in [5, 5.41) is 5.21. The number of ether oxygens (including phenoxy) is 1. The Labute approximate surface area is 102 Å². The third-order valence-electron chi connectivity index (χ3n) is 2.34. The highest BCUT2D eigenvalue weighted by molar-refractivity contribution is 5.85. The summed E-state index contributed by atoms with van der Waals surface area (Å²) in [5.74, 6) is -0.424. The zero-order valence-electron chi connectivity index (χ0n) is 10.6. The summed E-state index contributed by atoms with van der Waals surface area (Å²) in [6.45, 7) is 3.33. The van der Waals surface area contributed by atoms with Crippen molar-refractivity contribution in [3.63, 3.8) is 0 Å². The number of nitrogens with two attached hydrogens (primary N) is 1. The minimum absolute atomic E-state index is 0.00944. The number of rotatable bonds is 9. The Kier molecular flexibility index (Phi) is 9.37. The fourth-order valence-corrected chi connectivity index (χ4v) is 1.25. The zero-order chi connectivity index (χ0) is 13.1. The number of carbonyl (C=O) groups excluding carboxylic acids is 2. The molecule has 0 spiro atoms. The maximum Gasteiger partial charge on any atom is 0.239 e. The molecular weight excluding hydrogens is 222 g/mol. The van der Waals surface area contributed by atoms with E-state index >= 15 is 0 Å². The lowest BCUT2D eigenvalue weighted by atomic mass is 10.1. The summed E-state index contributed by atoms with van der Waals surface area (Å²) in [5.41, 5.74) is 5.36. The molecule has 0 heterocycles. The molecule has 0 aromatic heterocycles. The van der Waals surface area contributed by atoms with Crippen molar-refractivity contribution in [2.75, 3.05) is 33.4 Å². The number of methoxy groups -OCH3 is 1. The van der Waals surface area contributed by atoms with Gasteiger partial charge < -0.3 is 21.1 Å². The van der Waals surface area contributed by atoms with Gasteiger partial charge in [-0.25, -0.2) is 0 Å². The number of nitrogens with one attached hydrogen (secondary N) is 2. The van der Waals surface area contributed by atoms with E-state index in [-0.39, 0.29) is 24.3 Å². The third-order valence-corrected chi connectivity index (χ3v) is 2.34. The molecule has 0 bridgehead atoms. The van der Waals surface area contributed by atoms with Crippen LogP contribution in [0.5, 0.6) is 0 Å². The highest BCUT2D eigenvalue weighted by Crippen LogP contribution is 2.03. The van der Waals surface area contributed by atoms with Crippen molar-refractivity contribution in [1.29, 1.82) is 0 Å². The monoisotopic (exact) mass is 245 g/mol. The van der Waals surface area contributed by atoms with Crippen LogP contribution >= 0.6 is 0 Å². The first-order valence-electron chi connectivity index (χ1n) is 5.85. The average Bonchev–Trinajstić information content (AvgIpc) is 2.33. The van der Waals surface area contributed by atoms with Crippen LogP contribution in [0, 0.1) is 5.92 Å². The number of carbonyl (C=O) groups is 2. The molecule has 4 N–H and O–H groups in total. The van der Waals surface area contributed by atoms with Crippen LogP contribution in [0.4, 0.5) is 0 Å². The van der Waals surface area contributed by atoms with Gasteiger partial charge in [-0.2, -0.15) is 0 Å². The molecular formula is C11H23N3O3. The first-order valence-corrected chi connectivity index (χ1v) is 5.85.